The minimum absolute atomic E-state index is 0.188. The van der Waals surface area contributed by atoms with E-state index < -0.39 is 23.1 Å². The highest BCUT2D eigenvalue weighted by atomic mass is 32.1. The topological polar surface area (TPSA) is 56.9 Å². The van der Waals surface area contributed by atoms with Crippen LogP contribution in [-0.4, -0.2) is 13.5 Å². The maximum Gasteiger partial charge on any atom is 0.431 e. The van der Waals surface area contributed by atoms with Gasteiger partial charge < -0.3 is 0 Å². The Hall–Kier alpha value is -3.20. The van der Waals surface area contributed by atoms with Crippen LogP contribution < -0.4 is 11.2 Å². The molecule has 9 heteroatoms. The van der Waals surface area contributed by atoms with Crippen molar-refractivity contribution in [3.05, 3.63) is 80.6 Å². The molecule has 0 atom stereocenters. The molecular formula is C21H16F3N3O2S. The zero-order valence-electron chi connectivity index (χ0n) is 16.0. The number of hydrogen-bond acceptors (Lipinski definition) is 4. The molecule has 0 saturated heterocycles. The van der Waals surface area contributed by atoms with Crippen LogP contribution in [0.4, 0.5) is 13.2 Å². The Bertz CT molecular complexity index is 1370. The second-order valence-electron chi connectivity index (χ2n) is 6.80. The normalized spacial score (nSPS) is 11.9. The molecule has 0 aliphatic rings. The van der Waals surface area contributed by atoms with Crippen molar-refractivity contribution in [1.29, 1.82) is 0 Å². The Morgan fingerprint density at radius 2 is 1.73 bits per heavy atom. The lowest BCUT2D eigenvalue weighted by Crippen LogP contribution is -2.40. The third kappa shape index (κ3) is 3.35. The molecule has 0 radical (unpaired) electrons. The molecule has 154 valence electrons. The number of benzene rings is 2. The number of rotatable bonds is 3. The van der Waals surface area contributed by atoms with Crippen LogP contribution in [0.5, 0.6) is 0 Å². The van der Waals surface area contributed by atoms with E-state index in [0.29, 0.717) is 16.3 Å². The molecule has 0 aliphatic carbocycles. The van der Waals surface area contributed by atoms with Crippen LogP contribution in [0.2, 0.25) is 0 Å². The number of aryl methyl sites for hydroxylation is 1. The van der Waals surface area contributed by atoms with Crippen molar-refractivity contribution in [2.24, 2.45) is 7.05 Å². The van der Waals surface area contributed by atoms with Gasteiger partial charge in [-0.1, -0.05) is 31.2 Å². The molecule has 4 rings (SSSR count). The second-order valence-corrected chi connectivity index (χ2v) is 7.61. The third-order valence-electron chi connectivity index (χ3n) is 4.96. The molecule has 0 N–H and O–H groups in total. The molecule has 4 aromatic rings. The van der Waals surface area contributed by atoms with Gasteiger partial charge in [0.25, 0.3) is 5.56 Å². The maximum atomic E-state index is 13.1. The SMILES string of the molecule is CCc1ccc(-c2nsc3ccc(-n4c(=O)cc(C(F)(F)F)n(C)c4=O)cc23)cc1. The van der Waals surface area contributed by atoms with Gasteiger partial charge in [0.05, 0.1) is 16.1 Å². The van der Waals surface area contributed by atoms with Gasteiger partial charge in [-0.05, 0) is 41.7 Å². The van der Waals surface area contributed by atoms with Gasteiger partial charge in [-0.2, -0.15) is 17.5 Å². The smallest absolute Gasteiger partial charge is 0.292 e. The highest BCUT2D eigenvalue weighted by molar-refractivity contribution is 7.13. The van der Waals surface area contributed by atoms with Gasteiger partial charge in [0, 0.05) is 24.1 Å². The average molecular weight is 431 g/mol. The lowest BCUT2D eigenvalue weighted by atomic mass is 10.0. The van der Waals surface area contributed by atoms with E-state index >= 15 is 0 Å². The molecular weight excluding hydrogens is 415 g/mol. The monoisotopic (exact) mass is 431 g/mol. The van der Waals surface area contributed by atoms with Crippen LogP contribution in [0, 0.1) is 0 Å². The fourth-order valence-electron chi connectivity index (χ4n) is 3.31. The molecule has 0 spiro atoms. The van der Waals surface area contributed by atoms with Crippen molar-refractivity contribution in [3.63, 3.8) is 0 Å². The van der Waals surface area contributed by atoms with Gasteiger partial charge in [-0.15, -0.1) is 0 Å². The molecule has 0 bridgehead atoms. The van der Waals surface area contributed by atoms with Crippen molar-refractivity contribution in [2.45, 2.75) is 19.5 Å². The molecule has 5 nitrogen and oxygen atoms in total. The maximum absolute atomic E-state index is 13.1. The largest absolute Gasteiger partial charge is 0.431 e. The summed E-state index contributed by atoms with van der Waals surface area (Å²) in [5.74, 6) is 0. The Morgan fingerprint density at radius 1 is 1.03 bits per heavy atom. The summed E-state index contributed by atoms with van der Waals surface area (Å²) in [5.41, 5.74) is -0.455. The predicted molar refractivity (Wildman–Crippen MR) is 110 cm³/mol. The Morgan fingerprint density at radius 3 is 2.37 bits per heavy atom. The van der Waals surface area contributed by atoms with E-state index in [1.54, 1.807) is 12.1 Å². The van der Waals surface area contributed by atoms with Crippen LogP contribution in [0.25, 0.3) is 27.0 Å². The first-order valence-corrected chi connectivity index (χ1v) is 9.87. The molecule has 0 saturated carbocycles. The van der Waals surface area contributed by atoms with Crippen LogP contribution >= 0.6 is 11.5 Å². The molecule has 0 unspecified atom stereocenters. The predicted octanol–water partition coefficient (Wildman–Crippen LogP) is 4.39. The van der Waals surface area contributed by atoms with E-state index in [-0.39, 0.29) is 5.69 Å². The summed E-state index contributed by atoms with van der Waals surface area (Å²) < 4.78 is 45.8. The van der Waals surface area contributed by atoms with Gasteiger partial charge in [0.15, 0.2) is 0 Å². The molecule has 30 heavy (non-hydrogen) atoms. The number of fused-ring (bicyclic) bond motifs is 1. The summed E-state index contributed by atoms with van der Waals surface area (Å²) >= 11 is 1.27. The van der Waals surface area contributed by atoms with Gasteiger partial charge in [-0.25, -0.2) is 9.36 Å². The van der Waals surface area contributed by atoms with Crippen LogP contribution in [0.3, 0.4) is 0 Å². The van der Waals surface area contributed by atoms with Crippen LogP contribution in [0.1, 0.15) is 18.2 Å². The standard InChI is InChI=1S/C21H16F3N3O2S/c1-3-12-4-6-13(7-5-12)19-15-10-14(8-9-16(15)30-25-19)27-18(28)11-17(21(22,23)24)26(2)20(27)29/h4-11H,3H2,1-2H3. The Kier molecular flexibility index (Phi) is 4.85. The van der Waals surface area contributed by atoms with Crippen molar-refractivity contribution >= 4 is 21.6 Å². The van der Waals surface area contributed by atoms with Crippen LogP contribution in [0.15, 0.2) is 58.1 Å². The molecule has 0 aliphatic heterocycles. The molecule has 2 heterocycles. The van der Waals surface area contributed by atoms with Gasteiger partial charge in [-0.3, -0.25) is 9.36 Å². The first kappa shape index (κ1) is 20.1. The molecule has 0 amide bonds. The summed E-state index contributed by atoms with van der Waals surface area (Å²) in [6, 6.07) is 13.2. The van der Waals surface area contributed by atoms with Crippen molar-refractivity contribution in [1.82, 2.24) is 13.5 Å². The summed E-state index contributed by atoms with van der Waals surface area (Å²) in [6.45, 7) is 2.06. The lowest BCUT2D eigenvalue weighted by Gasteiger charge is -2.14. The zero-order chi connectivity index (χ0) is 21.6. The zero-order valence-corrected chi connectivity index (χ0v) is 16.8. The van der Waals surface area contributed by atoms with E-state index in [1.807, 2.05) is 24.3 Å². The lowest BCUT2D eigenvalue weighted by molar-refractivity contribution is -0.144. The highest BCUT2D eigenvalue weighted by Crippen LogP contribution is 2.32. The first-order valence-electron chi connectivity index (χ1n) is 9.10. The fraction of sp³-hybridized carbons (Fsp3) is 0.190. The van der Waals surface area contributed by atoms with Gasteiger partial charge >= 0.3 is 11.9 Å². The van der Waals surface area contributed by atoms with E-state index in [9.17, 15) is 22.8 Å². The van der Waals surface area contributed by atoms with Crippen molar-refractivity contribution in [2.75, 3.05) is 0 Å². The number of hydrogen-bond donors (Lipinski definition) is 0. The Balaban J connectivity index is 1.90. The average Bonchev–Trinajstić information content (AvgIpc) is 3.13. The van der Waals surface area contributed by atoms with E-state index in [0.717, 1.165) is 33.7 Å². The highest BCUT2D eigenvalue weighted by Gasteiger charge is 2.35. The third-order valence-corrected chi connectivity index (χ3v) is 5.78. The summed E-state index contributed by atoms with van der Waals surface area (Å²) in [4.78, 5) is 25.0. The number of halogens is 3. The second kappa shape index (κ2) is 7.24. The number of nitrogens with zero attached hydrogens (tertiary/aromatic N) is 3. The van der Waals surface area contributed by atoms with E-state index in [2.05, 4.69) is 11.3 Å². The summed E-state index contributed by atoms with van der Waals surface area (Å²) in [5, 5.41) is 0.718. The van der Waals surface area contributed by atoms with Gasteiger partial charge in [0.2, 0.25) is 0 Å². The van der Waals surface area contributed by atoms with Crippen LogP contribution in [-0.2, 0) is 19.6 Å². The Labute approximate surface area is 172 Å². The van der Waals surface area contributed by atoms with Crippen molar-refractivity contribution < 1.29 is 13.2 Å². The van der Waals surface area contributed by atoms with Gasteiger partial charge in [0.1, 0.15) is 5.69 Å². The molecule has 2 aromatic carbocycles. The molecule has 0 fully saturated rings. The quantitative estimate of drug-likeness (QED) is 0.483. The molecule has 2 aromatic heterocycles. The minimum atomic E-state index is -4.80. The van der Waals surface area contributed by atoms with E-state index in [1.165, 1.54) is 23.2 Å². The van der Waals surface area contributed by atoms with E-state index in [4.69, 9.17) is 0 Å². The number of aromatic nitrogens is 3. The summed E-state index contributed by atoms with van der Waals surface area (Å²) in [6.07, 6.45) is -3.90. The van der Waals surface area contributed by atoms with Crippen molar-refractivity contribution in [3.8, 4) is 16.9 Å². The first-order chi connectivity index (χ1) is 14.2. The fourth-order valence-corrected chi connectivity index (χ4v) is 4.08. The summed E-state index contributed by atoms with van der Waals surface area (Å²) in [7, 11) is 0.993. The minimum Gasteiger partial charge on any atom is -0.292 e. The number of alkyl halides is 3.